The third kappa shape index (κ3) is 3.06. The van der Waals surface area contributed by atoms with Crippen LogP contribution in [0.25, 0.3) is 0 Å². The molecule has 2 aromatic rings. The number of nitrogens with zero attached hydrogens (tertiary/aromatic N) is 1. The van der Waals surface area contributed by atoms with E-state index in [1.54, 1.807) is 30.9 Å². The number of amides is 1. The minimum Gasteiger partial charge on any atom is -0.493 e. The lowest BCUT2D eigenvalue weighted by atomic mass is 10.1. The van der Waals surface area contributed by atoms with E-state index in [1.807, 2.05) is 18.2 Å². The molecule has 24 heavy (non-hydrogen) atoms. The van der Waals surface area contributed by atoms with Gasteiger partial charge in [-0.3, -0.25) is 4.79 Å². The first-order valence-corrected chi connectivity index (χ1v) is 8.59. The van der Waals surface area contributed by atoms with Crippen molar-refractivity contribution in [2.24, 2.45) is 0 Å². The van der Waals surface area contributed by atoms with Crippen molar-refractivity contribution in [3.63, 3.8) is 0 Å². The quantitative estimate of drug-likeness (QED) is 0.845. The van der Waals surface area contributed by atoms with Crippen molar-refractivity contribution in [1.82, 2.24) is 4.90 Å². The Labute approximate surface area is 144 Å². The molecule has 1 heterocycles. The number of carbonyl (C=O) groups is 1. The summed E-state index contributed by atoms with van der Waals surface area (Å²) in [6.07, 6.45) is 0. The van der Waals surface area contributed by atoms with Crippen molar-refractivity contribution in [2.75, 3.05) is 26.5 Å². The molecular formula is C18H18FNO3S. The standard InChI is InChI=1S/C18H18FNO3S/c1-22-15-5-3-4-14(16(15)23-2)18-20(10-11-24-18)17(21)12-6-8-13(19)9-7-12/h3-9,18H,10-11H2,1-2H3. The van der Waals surface area contributed by atoms with Crippen LogP contribution in [0.4, 0.5) is 4.39 Å². The highest BCUT2D eigenvalue weighted by atomic mass is 32.2. The normalized spacial score (nSPS) is 17.0. The van der Waals surface area contributed by atoms with Crippen molar-refractivity contribution in [1.29, 1.82) is 0 Å². The van der Waals surface area contributed by atoms with Gasteiger partial charge in [-0.1, -0.05) is 12.1 Å². The van der Waals surface area contributed by atoms with Crippen LogP contribution >= 0.6 is 11.8 Å². The summed E-state index contributed by atoms with van der Waals surface area (Å²) in [7, 11) is 3.18. The molecule has 2 aromatic carbocycles. The van der Waals surface area contributed by atoms with Crippen LogP contribution < -0.4 is 9.47 Å². The van der Waals surface area contributed by atoms with Crippen LogP contribution in [0, 0.1) is 5.82 Å². The van der Waals surface area contributed by atoms with E-state index in [2.05, 4.69) is 0 Å². The summed E-state index contributed by atoms with van der Waals surface area (Å²) < 4.78 is 23.9. The molecule has 0 bridgehead atoms. The molecule has 6 heteroatoms. The van der Waals surface area contributed by atoms with Gasteiger partial charge in [0.25, 0.3) is 5.91 Å². The van der Waals surface area contributed by atoms with E-state index in [-0.39, 0.29) is 17.1 Å². The molecule has 0 spiro atoms. The maximum Gasteiger partial charge on any atom is 0.255 e. The van der Waals surface area contributed by atoms with Crippen LogP contribution in [0.1, 0.15) is 21.3 Å². The number of hydrogen-bond acceptors (Lipinski definition) is 4. The molecule has 1 aliphatic heterocycles. The molecule has 0 saturated carbocycles. The summed E-state index contributed by atoms with van der Waals surface area (Å²) in [6.45, 7) is 0.631. The predicted octanol–water partition coefficient (Wildman–Crippen LogP) is 3.73. The van der Waals surface area contributed by atoms with E-state index in [0.717, 1.165) is 11.3 Å². The number of para-hydroxylation sites is 1. The van der Waals surface area contributed by atoms with Crippen molar-refractivity contribution in [3.8, 4) is 11.5 Å². The Hall–Kier alpha value is -2.21. The Balaban J connectivity index is 1.94. The summed E-state index contributed by atoms with van der Waals surface area (Å²) >= 11 is 1.67. The number of carbonyl (C=O) groups excluding carboxylic acids is 1. The first kappa shape index (κ1) is 16.6. The van der Waals surface area contributed by atoms with Crippen LogP contribution in [0.3, 0.4) is 0 Å². The van der Waals surface area contributed by atoms with Gasteiger partial charge in [0.2, 0.25) is 0 Å². The largest absolute Gasteiger partial charge is 0.493 e. The molecule has 0 N–H and O–H groups in total. The number of methoxy groups -OCH3 is 2. The molecule has 4 nitrogen and oxygen atoms in total. The summed E-state index contributed by atoms with van der Waals surface area (Å²) in [4.78, 5) is 14.6. The predicted molar refractivity (Wildman–Crippen MR) is 92.2 cm³/mol. The Morgan fingerprint density at radius 2 is 1.92 bits per heavy atom. The van der Waals surface area contributed by atoms with Crippen molar-refractivity contribution in [2.45, 2.75) is 5.37 Å². The van der Waals surface area contributed by atoms with E-state index in [9.17, 15) is 9.18 Å². The number of benzene rings is 2. The number of thioether (sulfide) groups is 1. The minimum absolute atomic E-state index is 0.116. The molecule has 0 aliphatic carbocycles. The first-order valence-electron chi connectivity index (χ1n) is 7.54. The fourth-order valence-electron chi connectivity index (χ4n) is 2.80. The molecule has 1 atom stereocenters. The molecule has 1 aliphatic rings. The third-order valence-corrected chi connectivity index (χ3v) is 5.18. The van der Waals surface area contributed by atoms with Crippen LogP contribution in [0.5, 0.6) is 11.5 Å². The van der Waals surface area contributed by atoms with Gasteiger partial charge in [-0.15, -0.1) is 11.8 Å². The van der Waals surface area contributed by atoms with Gasteiger partial charge < -0.3 is 14.4 Å². The highest BCUT2D eigenvalue weighted by Crippen LogP contribution is 2.45. The lowest BCUT2D eigenvalue weighted by Crippen LogP contribution is -2.30. The highest BCUT2D eigenvalue weighted by Gasteiger charge is 2.33. The van der Waals surface area contributed by atoms with E-state index in [0.29, 0.717) is 23.6 Å². The smallest absolute Gasteiger partial charge is 0.255 e. The second kappa shape index (κ2) is 7.13. The van der Waals surface area contributed by atoms with Gasteiger partial charge in [0.1, 0.15) is 11.2 Å². The Morgan fingerprint density at radius 3 is 2.58 bits per heavy atom. The van der Waals surface area contributed by atoms with E-state index < -0.39 is 0 Å². The second-order valence-corrected chi connectivity index (χ2v) is 6.50. The summed E-state index contributed by atoms with van der Waals surface area (Å²) in [5, 5.41) is -0.160. The SMILES string of the molecule is COc1cccc(C2SCCN2C(=O)c2ccc(F)cc2)c1OC. The monoisotopic (exact) mass is 347 g/mol. The van der Waals surface area contributed by atoms with Crippen LogP contribution in [-0.4, -0.2) is 37.3 Å². The summed E-state index contributed by atoms with van der Waals surface area (Å²) in [6, 6.07) is 11.3. The van der Waals surface area contributed by atoms with Gasteiger partial charge in [0.05, 0.1) is 14.2 Å². The number of halogens is 1. The van der Waals surface area contributed by atoms with Gasteiger partial charge in [-0.05, 0) is 30.3 Å². The topological polar surface area (TPSA) is 38.8 Å². The Bertz CT molecular complexity index is 736. The molecular weight excluding hydrogens is 329 g/mol. The number of ether oxygens (including phenoxy) is 2. The zero-order valence-electron chi connectivity index (χ0n) is 13.5. The zero-order valence-corrected chi connectivity index (χ0v) is 14.3. The van der Waals surface area contributed by atoms with Gasteiger partial charge in [0.15, 0.2) is 11.5 Å². The third-order valence-electron chi connectivity index (χ3n) is 3.94. The summed E-state index contributed by atoms with van der Waals surface area (Å²) in [5.74, 6) is 1.63. The average molecular weight is 347 g/mol. The first-order chi connectivity index (χ1) is 11.7. The molecule has 0 aromatic heterocycles. The van der Waals surface area contributed by atoms with Gasteiger partial charge in [-0.25, -0.2) is 4.39 Å². The Kier molecular flexibility index (Phi) is 4.94. The van der Waals surface area contributed by atoms with E-state index >= 15 is 0 Å². The average Bonchev–Trinajstić information content (AvgIpc) is 3.10. The number of hydrogen-bond donors (Lipinski definition) is 0. The minimum atomic E-state index is -0.353. The molecule has 1 amide bonds. The van der Waals surface area contributed by atoms with Crippen LogP contribution in [-0.2, 0) is 0 Å². The van der Waals surface area contributed by atoms with Crippen molar-refractivity contribution < 1.29 is 18.7 Å². The molecule has 3 rings (SSSR count). The van der Waals surface area contributed by atoms with E-state index in [4.69, 9.17) is 9.47 Å². The van der Waals surface area contributed by atoms with Crippen molar-refractivity contribution in [3.05, 3.63) is 59.4 Å². The fraction of sp³-hybridized carbons (Fsp3) is 0.278. The van der Waals surface area contributed by atoms with Gasteiger partial charge in [-0.2, -0.15) is 0 Å². The zero-order chi connectivity index (χ0) is 17.1. The van der Waals surface area contributed by atoms with Gasteiger partial charge >= 0.3 is 0 Å². The molecule has 0 radical (unpaired) electrons. The molecule has 1 saturated heterocycles. The maximum absolute atomic E-state index is 13.1. The molecule has 1 fully saturated rings. The van der Waals surface area contributed by atoms with Gasteiger partial charge in [0, 0.05) is 23.4 Å². The van der Waals surface area contributed by atoms with Crippen molar-refractivity contribution >= 4 is 17.7 Å². The molecule has 126 valence electrons. The number of rotatable bonds is 4. The van der Waals surface area contributed by atoms with E-state index in [1.165, 1.54) is 24.3 Å². The summed E-state index contributed by atoms with van der Waals surface area (Å²) in [5.41, 5.74) is 1.38. The molecule has 1 unspecified atom stereocenters. The second-order valence-electron chi connectivity index (χ2n) is 5.31. The maximum atomic E-state index is 13.1. The lowest BCUT2D eigenvalue weighted by Gasteiger charge is -2.26. The van der Waals surface area contributed by atoms with Crippen LogP contribution in [0.2, 0.25) is 0 Å². The lowest BCUT2D eigenvalue weighted by molar-refractivity contribution is 0.0759. The van der Waals surface area contributed by atoms with Crippen LogP contribution in [0.15, 0.2) is 42.5 Å². The fourth-order valence-corrected chi connectivity index (χ4v) is 4.07. The highest BCUT2D eigenvalue weighted by molar-refractivity contribution is 7.99. The Morgan fingerprint density at radius 1 is 1.17 bits per heavy atom.